The highest BCUT2D eigenvalue weighted by molar-refractivity contribution is 6.00. The van der Waals surface area contributed by atoms with E-state index in [1.165, 1.54) is 12.1 Å². The van der Waals surface area contributed by atoms with E-state index in [0.717, 1.165) is 19.5 Å². The first kappa shape index (κ1) is 15.2. The number of carbonyl (C=O) groups is 1. The summed E-state index contributed by atoms with van der Waals surface area (Å²) in [5.41, 5.74) is 5.31. The van der Waals surface area contributed by atoms with Gasteiger partial charge in [0.15, 0.2) is 0 Å². The number of nitrogens with zero attached hydrogens (tertiary/aromatic N) is 2. The highest BCUT2D eigenvalue weighted by Crippen LogP contribution is 2.26. The van der Waals surface area contributed by atoms with Gasteiger partial charge in [0.1, 0.15) is 11.3 Å². The molecule has 7 heteroatoms. The molecule has 1 aliphatic rings. The molecule has 1 aromatic rings. The Balaban J connectivity index is 2.18. The molecule has 1 heterocycles. The third kappa shape index (κ3) is 3.30. The van der Waals surface area contributed by atoms with Crippen LogP contribution in [0.4, 0.5) is 11.4 Å². The first-order valence-corrected chi connectivity index (χ1v) is 6.92. The molecule has 0 spiro atoms. The van der Waals surface area contributed by atoms with Crippen LogP contribution in [0.2, 0.25) is 0 Å². The largest absolute Gasteiger partial charge is 0.393 e. The number of benzene rings is 1. The first-order valence-electron chi connectivity index (χ1n) is 6.92. The number of hydrogen-bond acceptors (Lipinski definition) is 5. The maximum atomic E-state index is 12.3. The summed E-state index contributed by atoms with van der Waals surface area (Å²) >= 11 is 0. The van der Waals surface area contributed by atoms with Gasteiger partial charge in [-0.3, -0.25) is 14.9 Å². The molecule has 2 unspecified atom stereocenters. The fourth-order valence-corrected chi connectivity index (χ4v) is 2.76. The Morgan fingerprint density at radius 3 is 2.86 bits per heavy atom. The topological polar surface area (TPSA) is 102 Å². The number of nitro groups is 1. The Labute approximate surface area is 123 Å². The van der Waals surface area contributed by atoms with Gasteiger partial charge in [-0.05, 0) is 38.1 Å². The number of carbonyl (C=O) groups excluding carboxylic acids is 1. The van der Waals surface area contributed by atoms with Crippen molar-refractivity contribution in [3.8, 4) is 0 Å². The molecule has 1 fully saturated rings. The maximum Gasteiger partial charge on any atom is 0.304 e. The van der Waals surface area contributed by atoms with Crippen molar-refractivity contribution in [2.45, 2.75) is 19.4 Å². The molecule has 114 valence electrons. The minimum Gasteiger partial charge on any atom is -0.393 e. The molecule has 1 saturated heterocycles. The monoisotopic (exact) mass is 292 g/mol. The summed E-state index contributed by atoms with van der Waals surface area (Å²) in [5.74, 6) is -0.136. The Morgan fingerprint density at radius 2 is 2.24 bits per heavy atom. The molecule has 0 aromatic heterocycles. The molecule has 1 aromatic carbocycles. The van der Waals surface area contributed by atoms with Gasteiger partial charge in [0.2, 0.25) is 0 Å². The van der Waals surface area contributed by atoms with E-state index in [1.807, 2.05) is 7.05 Å². The number of nitrogens with one attached hydrogen (secondary N) is 1. The van der Waals surface area contributed by atoms with Crippen LogP contribution in [0.15, 0.2) is 18.2 Å². The fraction of sp³-hybridized carbons (Fsp3) is 0.500. The van der Waals surface area contributed by atoms with E-state index in [0.29, 0.717) is 5.92 Å². The van der Waals surface area contributed by atoms with Gasteiger partial charge in [-0.15, -0.1) is 0 Å². The van der Waals surface area contributed by atoms with Crippen LogP contribution in [0.1, 0.15) is 23.7 Å². The van der Waals surface area contributed by atoms with E-state index in [4.69, 9.17) is 5.73 Å². The van der Waals surface area contributed by atoms with Crippen molar-refractivity contribution in [1.29, 1.82) is 0 Å². The third-order valence-electron chi connectivity index (χ3n) is 3.92. The molecule has 3 N–H and O–H groups in total. The SMILES string of the molecule is CC1CN(C)CCC1NC(=O)c1cccc(N)c1[N+](=O)[O-]. The molecule has 0 saturated carbocycles. The number of nitrogen functional groups attached to an aromatic ring is 1. The lowest BCUT2D eigenvalue weighted by atomic mass is 9.94. The molecule has 0 radical (unpaired) electrons. The van der Waals surface area contributed by atoms with Gasteiger partial charge in [-0.25, -0.2) is 0 Å². The highest BCUT2D eigenvalue weighted by atomic mass is 16.6. The van der Waals surface area contributed by atoms with Crippen molar-refractivity contribution < 1.29 is 9.72 Å². The Kier molecular flexibility index (Phi) is 4.42. The van der Waals surface area contributed by atoms with Crippen LogP contribution < -0.4 is 11.1 Å². The summed E-state index contributed by atoms with van der Waals surface area (Å²) in [7, 11) is 2.04. The lowest BCUT2D eigenvalue weighted by Crippen LogP contribution is -2.48. The normalized spacial score (nSPS) is 22.8. The van der Waals surface area contributed by atoms with Crippen LogP contribution in [-0.4, -0.2) is 41.9 Å². The van der Waals surface area contributed by atoms with Gasteiger partial charge in [0.25, 0.3) is 5.91 Å². The van der Waals surface area contributed by atoms with Crippen molar-refractivity contribution >= 4 is 17.3 Å². The summed E-state index contributed by atoms with van der Waals surface area (Å²) in [6, 6.07) is 4.43. The minimum absolute atomic E-state index is 0.00377. The van der Waals surface area contributed by atoms with Gasteiger partial charge < -0.3 is 16.0 Å². The Morgan fingerprint density at radius 1 is 1.52 bits per heavy atom. The number of rotatable bonds is 3. The lowest BCUT2D eigenvalue weighted by molar-refractivity contribution is -0.384. The summed E-state index contributed by atoms with van der Waals surface area (Å²) in [4.78, 5) is 25.0. The Bertz CT molecular complexity index is 561. The zero-order chi connectivity index (χ0) is 15.6. The summed E-state index contributed by atoms with van der Waals surface area (Å²) in [5, 5.41) is 14.0. The second kappa shape index (κ2) is 6.09. The molecule has 2 atom stereocenters. The van der Waals surface area contributed by atoms with Crippen LogP contribution >= 0.6 is 0 Å². The predicted molar refractivity (Wildman–Crippen MR) is 80.0 cm³/mol. The third-order valence-corrected chi connectivity index (χ3v) is 3.92. The van der Waals surface area contributed by atoms with E-state index in [1.54, 1.807) is 6.07 Å². The molecule has 0 aliphatic carbocycles. The summed E-state index contributed by atoms with van der Waals surface area (Å²) in [6.07, 6.45) is 0.833. The van der Waals surface area contributed by atoms with E-state index in [2.05, 4.69) is 17.1 Å². The van der Waals surface area contributed by atoms with Crippen LogP contribution in [0.25, 0.3) is 0 Å². The molecular formula is C14H20N4O3. The second-order valence-corrected chi connectivity index (χ2v) is 5.61. The molecule has 2 rings (SSSR count). The molecule has 0 bridgehead atoms. The van der Waals surface area contributed by atoms with Crippen molar-refractivity contribution in [3.05, 3.63) is 33.9 Å². The smallest absolute Gasteiger partial charge is 0.304 e. The van der Waals surface area contributed by atoms with Gasteiger partial charge >= 0.3 is 5.69 Å². The Hall–Kier alpha value is -2.15. The molecule has 21 heavy (non-hydrogen) atoms. The van der Waals surface area contributed by atoms with Gasteiger partial charge in [-0.1, -0.05) is 13.0 Å². The molecule has 1 aliphatic heterocycles. The number of nitrogens with two attached hydrogens (primary N) is 1. The van der Waals surface area contributed by atoms with E-state index < -0.39 is 10.8 Å². The number of amides is 1. The summed E-state index contributed by atoms with van der Waals surface area (Å²) in [6.45, 7) is 3.85. The molecule has 7 nitrogen and oxygen atoms in total. The second-order valence-electron chi connectivity index (χ2n) is 5.61. The van der Waals surface area contributed by atoms with Crippen molar-refractivity contribution in [1.82, 2.24) is 10.2 Å². The quantitative estimate of drug-likeness (QED) is 0.496. The van der Waals surface area contributed by atoms with Crippen LogP contribution in [0.5, 0.6) is 0 Å². The van der Waals surface area contributed by atoms with E-state index in [-0.39, 0.29) is 23.0 Å². The average Bonchev–Trinajstić information content (AvgIpc) is 2.41. The number of piperidine rings is 1. The van der Waals surface area contributed by atoms with Crippen molar-refractivity contribution in [2.75, 3.05) is 25.9 Å². The zero-order valence-electron chi connectivity index (χ0n) is 12.2. The first-order chi connectivity index (χ1) is 9.90. The maximum absolute atomic E-state index is 12.3. The number of hydrogen-bond donors (Lipinski definition) is 2. The summed E-state index contributed by atoms with van der Waals surface area (Å²) < 4.78 is 0. The van der Waals surface area contributed by atoms with Crippen molar-refractivity contribution in [3.63, 3.8) is 0 Å². The average molecular weight is 292 g/mol. The van der Waals surface area contributed by atoms with Crippen LogP contribution in [-0.2, 0) is 0 Å². The number of anilines is 1. The lowest BCUT2D eigenvalue weighted by Gasteiger charge is -2.35. The standard InChI is InChI=1S/C14H20N4O3/c1-9-8-17(2)7-6-12(9)16-14(19)10-4-3-5-11(15)13(10)18(20)21/h3-5,9,12H,6-8,15H2,1-2H3,(H,16,19). The zero-order valence-corrected chi connectivity index (χ0v) is 12.2. The number of nitro benzene ring substituents is 1. The number of likely N-dealkylation sites (tertiary alicyclic amines) is 1. The van der Waals surface area contributed by atoms with E-state index >= 15 is 0 Å². The fourth-order valence-electron chi connectivity index (χ4n) is 2.76. The highest BCUT2D eigenvalue weighted by Gasteiger charge is 2.29. The molecular weight excluding hydrogens is 272 g/mol. The van der Waals surface area contributed by atoms with E-state index in [9.17, 15) is 14.9 Å². The van der Waals surface area contributed by atoms with Gasteiger partial charge in [0, 0.05) is 12.6 Å². The van der Waals surface area contributed by atoms with Gasteiger partial charge in [0.05, 0.1) is 4.92 Å². The number of para-hydroxylation sites is 1. The van der Waals surface area contributed by atoms with Crippen LogP contribution in [0.3, 0.4) is 0 Å². The van der Waals surface area contributed by atoms with Crippen molar-refractivity contribution in [2.24, 2.45) is 5.92 Å². The van der Waals surface area contributed by atoms with Gasteiger partial charge in [-0.2, -0.15) is 0 Å². The predicted octanol–water partition coefficient (Wildman–Crippen LogP) is 1.25. The minimum atomic E-state index is -0.609. The van der Waals surface area contributed by atoms with Crippen LogP contribution in [0, 0.1) is 16.0 Å². The molecule has 1 amide bonds.